The molecule has 4 aromatic rings. The summed E-state index contributed by atoms with van der Waals surface area (Å²) in [5.41, 5.74) is 13.4. The van der Waals surface area contributed by atoms with Gasteiger partial charge in [0, 0.05) is 60.6 Å². The molecule has 2 fully saturated rings. The maximum atomic E-state index is 13.4. The molecule has 11 nitrogen and oxygen atoms in total. The number of amides is 1. The number of methoxy groups -OCH3 is 1. The molecule has 4 heterocycles. The molecule has 2 aliphatic rings. The molecule has 1 saturated heterocycles. The lowest BCUT2D eigenvalue weighted by Gasteiger charge is -2.32. The number of amidine groups is 1. The minimum Gasteiger partial charge on any atom is -0.383 e. The van der Waals surface area contributed by atoms with E-state index in [1.54, 1.807) is 18.7 Å². The van der Waals surface area contributed by atoms with Crippen molar-refractivity contribution in [2.45, 2.75) is 69.9 Å². The predicted octanol–water partition coefficient (Wildman–Crippen LogP) is 5.57. The first-order chi connectivity index (χ1) is 21.8. The van der Waals surface area contributed by atoms with E-state index in [1.807, 2.05) is 53.7 Å². The number of nitrogens with one attached hydrogen (secondary N) is 2. The molecular weight excluding hydrogens is 566 g/mol. The average Bonchev–Trinajstić information content (AvgIpc) is 3.71. The lowest BCUT2D eigenvalue weighted by atomic mass is 9.92. The summed E-state index contributed by atoms with van der Waals surface area (Å²) in [6.45, 7) is 6.95. The third-order valence-electron chi connectivity index (χ3n) is 8.90. The standard InChI is InChI=1S/C33H40N8O2.CH3N/c1-20(16-25-14-10-21(2)40(25)33(42)31(35)39(3)19-43-4)29-28(23-11-12-23)30(34)41-32(38-29)26(18-37-41)24-13-15-27(36-17-24)22-8-6-5-7-9-22;1-2/h5-9,13,15,17-18,20-21,23,25,35H,10-12,14,16,19,34H2,1-4H3;2H,1H2. The quantitative estimate of drug-likeness (QED) is 0.134. The molecule has 1 aliphatic carbocycles. The summed E-state index contributed by atoms with van der Waals surface area (Å²) in [6, 6.07) is 14.3. The monoisotopic (exact) mass is 609 g/mol. The normalized spacial score (nSPS) is 18.4. The van der Waals surface area contributed by atoms with Gasteiger partial charge in [-0.15, -0.1) is 0 Å². The van der Waals surface area contributed by atoms with E-state index in [2.05, 4.69) is 31.7 Å². The summed E-state index contributed by atoms with van der Waals surface area (Å²) in [6.07, 6.45) is 8.42. The van der Waals surface area contributed by atoms with Crippen molar-refractivity contribution in [1.82, 2.24) is 29.4 Å². The third kappa shape index (κ3) is 6.30. The number of nitrogens with zero attached hydrogens (tertiary/aromatic N) is 6. The fourth-order valence-electron chi connectivity index (χ4n) is 6.48. The first-order valence-electron chi connectivity index (χ1n) is 15.4. The van der Waals surface area contributed by atoms with E-state index in [-0.39, 0.29) is 36.5 Å². The molecule has 3 aromatic heterocycles. The Morgan fingerprint density at radius 3 is 2.49 bits per heavy atom. The Bertz CT molecular complexity index is 1650. The number of ether oxygens (including phenoxy) is 1. The van der Waals surface area contributed by atoms with Gasteiger partial charge >= 0.3 is 0 Å². The number of hydrogen-bond donors (Lipinski definition) is 3. The van der Waals surface area contributed by atoms with E-state index in [0.717, 1.165) is 65.7 Å². The SMILES string of the molecule is C=N.COCN(C)C(=N)C(=O)N1C(C)CCC1CC(C)c1nc2c(-c3ccc(-c4ccccc4)nc3)cnn2c(N)c1C1CC1. The number of aromatic nitrogens is 4. The number of nitrogen functional groups attached to an aromatic ring is 1. The lowest BCUT2D eigenvalue weighted by Crippen LogP contribution is -2.48. The first kappa shape index (κ1) is 31.8. The zero-order chi connectivity index (χ0) is 32.2. The van der Waals surface area contributed by atoms with Gasteiger partial charge in [0.25, 0.3) is 5.91 Å². The van der Waals surface area contributed by atoms with Gasteiger partial charge < -0.3 is 25.7 Å². The number of pyridine rings is 1. The molecule has 1 saturated carbocycles. The van der Waals surface area contributed by atoms with Gasteiger partial charge in [0.2, 0.25) is 0 Å². The van der Waals surface area contributed by atoms with E-state index in [9.17, 15) is 4.79 Å². The molecule has 3 unspecified atom stereocenters. The first-order valence-corrected chi connectivity index (χ1v) is 15.4. The number of benzene rings is 1. The van der Waals surface area contributed by atoms with Crippen molar-refractivity contribution in [2.75, 3.05) is 26.6 Å². The maximum Gasteiger partial charge on any atom is 0.289 e. The summed E-state index contributed by atoms with van der Waals surface area (Å²) < 4.78 is 6.91. The zero-order valence-corrected chi connectivity index (χ0v) is 26.5. The smallest absolute Gasteiger partial charge is 0.289 e. The van der Waals surface area contributed by atoms with E-state index >= 15 is 0 Å². The van der Waals surface area contributed by atoms with Gasteiger partial charge in [-0.25, -0.2) is 4.98 Å². The number of likely N-dealkylation sites (tertiary alicyclic amines) is 1. The van der Waals surface area contributed by atoms with Crippen LogP contribution in [0, 0.1) is 10.8 Å². The number of anilines is 1. The van der Waals surface area contributed by atoms with Crippen LogP contribution < -0.4 is 5.73 Å². The minimum absolute atomic E-state index is 0.0132. The molecule has 1 amide bonds. The number of fused-ring (bicyclic) bond motifs is 1. The number of carbonyl (C=O) groups excluding carboxylic acids is 1. The van der Waals surface area contributed by atoms with Crippen LogP contribution in [0.1, 0.15) is 69.0 Å². The summed E-state index contributed by atoms with van der Waals surface area (Å²) in [5.74, 6) is 0.777. The van der Waals surface area contributed by atoms with Crippen molar-refractivity contribution < 1.29 is 9.53 Å². The molecule has 11 heteroatoms. The molecular formula is C34H43N9O2. The van der Waals surface area contributed by atoms with E-state index < -0.39 is 0 Å². The lowest BCUT2D eigenvalue weighted by molar-refractivity contribution is -0.127. The van der Waals surface area contributed by atoms with Crippen LogP contribution in [0.25, 0.3) is 28.0 Å². The number of likely N-dealkylation sites (N-methyl/N-ethyl adjacent to an activating group) is 1. The molecule has 45 heavy (non-hydrogen) atoms. The highest BCUT2D eigenvalue weighted by molar-refractivity contribution is 6.36. The maximum absolute atomic E-state index is 13.4. The Morgan fingerprint density at radius 2 is 1.84 bits per heavy atom. The molecule has 1 aromatic carbocycles. The van der Waals surface area contributed by atoms with Gasteiger partial charge in [0.05, 0.1) is 17.6 Å². The fourth-order valence-corrected chi connectivity index (χ4v) is 6.48. The van der Waals surface area contributed by atoms with Gasteiger partial charge in [-0.3, -0.25) is 15.2 Å². The van der Waals surface area contributed by atoms with Crippen molar-refractivity contribution in [3.63, 3.8) is 0 Å². The highest BCUT2D eigenvalue weighted by atomic mass is 16.5. The molecule has 4 N–H and O–H groups in total. The van der Waals surface area contributed by atoms with Crippen LogP contribution in [0.4, 0.5) is 5.82 Å². The second-order valence-electron chi connectivity index (χ2n) is 12.1. The minimum atomic E-state index is -0.253. The number of hydrogen-bond acceptors (Lipinski definition) is 8. The second kappa shape index (κ2) is 13.6. The summed E-state index contributed by atoms with van der Waals surface area (Å²) in [7, 11) is 3.27. The van der Waals surface area contributed by atoms with Crippen molar-refractivity contribution >= 4 is 29.9 Å². The van der Waals surface area contributed by atoms with Gasteiger partial charge in [-0.05, 0) is 57.7 Å². The van der Waals surface area contributed by atoms with Crippen molar-refractivity contribution in [3.8, 4) is 22.4 Å². The van der Waals surface area contributed by atoms with Crippen LogP contribution >= 0.6 is 0 Å². The molecule has 0 spiro atoms. The van der Waals surface area contributed by atoms with E-state index in [0.29, 0.717) is 17.4 Å². The predicted molar refractivity (Wildman–Crippen MR) is 178 cm³/mol. The Hall–Kier alpha value is -4.64. The molecule has 3 atom stereocenters. The topological polar surface area (TPSA) is 150 Å². The summed E-state index contributed by atoms with van der Waals surface area (Å²) >= 11 is 0. The number of carbonyl (C=O) groups is 1. The zero-order valence-electron chi connectivity index (χ0n) is 26.5. The molecule has 1 aliphatic heterocycles. The second-order valence-corrected chi connectivity index (χ2v) is 12.1. The number of nitrogens with two attached hydrogens (primary N) is 1. The van der Waals surface area contributed by atoms with Crippen molar-refractivity contribution in [2.24, 2.45) is 0 Å². The molecule has 6 rings (SSSR count). The van der Waals surface area contributed by atoms with Crippen LogP contribution in [-0.2, 0) is 9.53 Å². The molecule has 0 bridgehead atoms. The van der Waals surface area contributed by atoms with Gasteiger partial charge in [-0.1, -0.05) is 43.3 Å². The van der Waals surface area contributed by atoms with Gasteiger partial charge in [0.1, 0.15) is 12.5 Å². The Kier molecular flexibility index (Phi) is 9.57. The molecule has 236 valence electrons. The number of rotatable bonds is 8. The molecule has 0 radical (unpaired) electrons. The fraction of sp³-hybridized carbons (Fsp3) is 0.412. The van der Waals surface area contributed by atoms with Crippen molar-refractivity contribution in [1.29, 1.82) is 10.8 Å². The van der Waals surface area contributed by atoms with Gasteiger partial charge in [-0.2, -0.15) is 9.61 Å². The Balaban J connectivity index is 0.00000196. The highest BCUT2D eigenvalue weighted by Gasteiger charge is 2.39. The average molecular weight is 610 g/mol. The van der Waals surface area contributed by atoms with Crippen molar-refractivity contribution in [3.05, 3.63) is 66.1 Å². The van der Waals surface area contributed by atoms with Gasteiger partial charge in [0.15, 0.2) is 11.5 Å². The van der Waals surface area contributed by atoms with Crippen LogP contribution in [0.5, 0.6) is 0 Å². The summed E-state index contributed by atoms with van der Waals surface area (Å²) in [4.78, 5) is 26.9. The van der Waals surface area contributed by atoms with E-state index in [1.165, 1.54) is 4.90 Å². The Morgan fingerprint density at radius 1 is 1.11 bits per heavy atom. The van der Waals surface area contributed by atoms with Crippen LogP contribution in [-0.4, -0.2) is 80.8 Å². The third-order valence-corrected chi connectivity index (χ3v) is 8.90. The van der Waals surface area contributed by atoms with Crippen LogP contribution in [0.2, 0.25) is 0 Å². The van der Waals surface area contributed by atoms with Crippen LogP contribution in [0.3, 0.4) is 0 Å². The largest absolute Gasteiger partial charge is 0.383 e. The van der Waals surface area contributed by atoms with Crippen LogP contribution in [0.15, 0.2) is 54.9 Å². The Labute approximate surface area is 264 Å². The van der Waals surface area contributed by atoms with E-state index in [4.69, 9.17) is 31.3 Å². The summed E-state index contributed by atoms with van der Waals surface area (Å²) in [5, 5.41) is 18.6. The highest BCUT2D eigenvalue weighted by Crippen LogP contribution is 2.47.